The van der Waals surface area contributed by atoms with E-state index in [-0.39, 0.29) is 5.41 Å². The topological polar surface area (TPSA) is 26.3 Å². The molecule has 2 aliphatic carbocycles. The third kappa shape index (κ3) is 1.98. The first-order chi connectivity index (χ1) is 10.8. The highest BCUT2D eigenvalue weighted by molar-refractivity contribution is 6.15. The van der Waals surface area contributed by atoms with E-state index < -0.39 is 0 Å². The van der Waals surface area contributed by atoms with Crippen molar-refractivity contribution in [3.8, 4) is 5.75 Å². The zero-order valence-corrected chi connectivity index (χ0v) is 12.7. The number of ketones is 1. The molecule has 0 unspecified atom stereocenters. The molecule has 0 bridgehead atoms. The molecule has 0 radical (unpaired) electrons. The molecule has 2 aromatic rings. The first kappa shape index (κ1) is 13.6. The summed E-state index contributed by atoms with van der Waals surface area (Å²) in [5, 5.41) is 0. The van der Waals surface area contributed by atoms with Gasteiger partial charge in [0.1, 0.15) is 12.4 Å². The first-order valence-electron chi connectivity index (χ1n) is 8.16. The van der Waals surface area contributed by atoms with Gasteiger partial charge in [0.15, 0.2) is 5.78 Å². The van der Waals surface area contributed by atoms with Gasteiger partial charge in [0.25, 0.3) is 0 Å². The zero-order chi connectivity index (χ0) is 15.0. The van der Waals surface area contributed by atoms with Crippen molar-refractivity contribution in [2.24, 2.45) is 0 Å². The Bertz CT molecular complexity index is 697. The number of benzene rings is 2. The minimum atomic E-state index is -0.181. The smallest absolute Gasteiger partial charge is 0.177 e. The summed E-state index contributed by atoms with van der Waals surface area (Å²) in [6, 6.07) is 16.2. The molecule has 0 aliphatic heterocycles. The van der Waals surface area contributed by atoms with Gasteiger partial charge < -0.3 is 4.74 Å². The summed E-state index contributed by atoms with van der Waals surface area (Å²) in [6.45, 7) is 0.511. The molecule has 2 heteroatoms. The molecule has 2 aromatic carbocycles. The highest BCUT2D eigenvalue weighted by Gasteiger charge is 2.52. The summed E-state index contributed by atoms with van der Waals surface area (Å²) >= 11 is 0. The second-order valence-electron chi connectivity index (χ2n) is 6.42. The SMILES string of the molecule is O=C1c2c(OCc3ccccc3)cccc2C12CCCCC2. The number of fused-ring (bicyclic) bond motifs is 2. The van der Waals surface area contributed by atoms with Gasteiger partial charge in [-0.15, -0.1) is 0 Å². The van der Waals surface area contributed by atoms with Crippen LogP contribution >= 0.6 is 0 Å². The zero-order valence-electron chi connectivity index (χ0n) is 12.7. The number of carbonyl (C=O) groups is 1. The Kier molecular flexibility index (Phi) is 3.25. The third-order valence-electron chi connectivity index (χ3n) is 5.15. The van der Waals surface area contributed by atoms with Gasteiger partial charge in [0.05, 0.1) is 11.0 Å². The summed E-state index contributed by atoms with van der Waals surface area (Å²) in [7, 11) is 0. The molecule has 112 valence electrons. The maximum absolute atomic E-state index is 12.8. The normalized spacial score (nSPS) is 18.6. The Labute approximate surface area is 131 Å². The lowest BCUT2D eigenvalue weighted by Crippen LogP contribution is -2.47. The van der Waals surface area contributed by atoms with E-state index in [1.54, 1.807) is 0 Å². The molecular formula is C20H20O2. The van der Waals surface area contributed by atoms with E-state index in [0.717, 1.165) is 29.7 Å². The molecule has 2 aliphatic rings. The van der Waals surface area contributed by atoms with E-state index in [1.165, 1.54) is 24.8 Å². The molecule has 22 heavy (non-hydrogen) atoms. The highest BCUT2D eigenvalue weighted by Crippen LogP contribution is 2.53. The van der Waals surface area contributed by atoms with Gasteiger partial charge in [-0.25, -0.2) is 0 Å². The molecule has 0 atom stereocenters. The molecule has 0 saturated heterocycles. The lowest BCUT2D eigenvalue weighted by Gasteiger charge is -2.45. The lowest BCUT2D eigenvalue weighted by atomic mass is 9.56. The van der Waals surface area contributed by atoms with Crippen LogP contribution in [0.1, 0.15) is 53.6 Å². The van der Waals surface area contributed by atoms with Crippen LogP contribution < -0.4 is 4.74 Å². The van der Waals surface area contributed by atoms with Crippen molar-refractivity contribution in [1.29, 1.82) is 0 Å². The average molecular weight is 292 g/mol. The minimum Gasteiger partial charge on any atom is -0.488 e. The quantitative estimate of drug-likeness (QED) is 0.822. The van der Waals surface area contributed by atoms with Crippen LogP contribution in [0.2, 0.25) is 0 Å². The molecular weight excluding hydrogens is 272 g/mol. The van der Waals surface area contributed by atoms with Crippen LogP contribution in [0.3, 0.4) is 0 Å². The number of hydrogen-bond donors (Lipinski definition) is 0. The van der Waals surface area contributed by atoms with Gasteiger partial charge in [-0.1, -0.05) is 61.7 Å². The number of ether oxygens (including phenoxy) is 1. The van der Waals surface area contributed by atoms with Crippen molar-refractivity contribution < 1.29 is 9.53 Å². The summed E-state index contributed by atoms with van der Waals surface area (Å²) in [5.41, 5.74) is 3.00. The maximum Gasteiger partial charge on any atom is 0.177 e. The Morgan fingerprint density at radius 2 is 1.68 bits per heavy atom. The molecule has 1 fully saturated rings. The predicted octanol–water partition coefficient (Wildman–Crippen LogP) is 4.66. The fourth-order valence-electron chi connectivity index (χ4n) is 3.97. The number of rotatable bonds is 3. The minimum absolute atomic E-state index is 0.181. The fraction of sp³-hybridized carbons (Fsp3) is 0.350. The Balaban J connectivity index is 1.60. The van der Waals surface area contributed by atoms with Crippen molar-refractivity contribution in [3.05, 3.63) is 65.2 Å². The van der Waals surface area contributed by atoms with Gasteiger partial charge in [-0.3, -0.25) is 4.79 Å². The van der Waals surface area contributed by atoms with Crippen LogP contribution in [0, 0.1) is 0 Å². The number of hydrogen-bond acceptors (Lipinski definition) is 2. The van der Waals surface area contributed by atoms with Gasteiger partial charge >= 0.3 is 0 Å². The highest BCUT2D eigenvalue weighted by atomic mass is 16.5. The van der Waals surface area contributed by atoms with Gasteiger partial charge in [0, 0.05) is 0 Å². The summed E-state index contributed by atoms with van der Waals surface area (Å²) in [6.07, 6.45) is 5.62. The van der Waals surface area contributed by atoms with Gasteiger partial charge in [-0.2, -0.15) is 0 Å². The van der Waals surface area contributed by atoms with Gasteiger partial charge in [-0.05, 0) is 30.0 Å². The maximum atomic E-state index is 12.8. The molecule has 1 saturated carbocycles. The standard InChI is InChI=1S/C20H20O2/c21-19-18-16(20(19)12-5-2-6-13-20)10-7-11-17(18)22-14-15-8-3-1-4-9-15/h1,3-4,7-11H,2,5-6,12-14H2. The van der Waals surface area contributed by atoms with E-state index in [1.807, 2.05) is 42.5 Å². The largest absolute Gasteiger partial charge is 0.488 e. The molecule has 0 amide bonds. The van der Waals surface area contributed by atoms with E-state index in [9.17, 15) is 4.79 Å². The molecule has 0 heterocycles. The van der Waals surface area contributed by atoms with E-state index in [4.69, 9.17) is 4.74 Å². The van der Waals surface area contributed by atoms with Crippen LogP contribution in [0.5, 0.6) is 5.75 Å². The van der Waals surface area contributed by atoms with Crippen LogP contribution in [0.4, 0.5) is 0 Å². The number of Topliss-reactive ketones (excluding diaryl/α,β-unsaturated/α-hetero) is 1. The van der Waals surface area contributed by atoms with Crippen molar-refractivity contribution in [2.45, 2.75) is 44.1 Å². The summed E-state index contributed by atoms with van der Waals surface area (Å²) in [5.74, 6) is 1.06. The fourth-order valence-corrected chi connectivity index (χ4v) is 3.97. The molecule has 0 aromatic heterocycles. The summed E-state index contributed by atoms with van der Waals surface area (Å²) < 4.78 is 5.94. The van der Waals surface area contributed by atoms with Crippen molar-refractivity contribution >= 4 is 5.78 Å². The lowest BCUT2D eigenvalue weighted by molar-refractivity contribution is 0.0773. The summed E-state index contributed by atoms with van der Waals surface area (Å²) in [4.78, 5) is 12.8. The van der Waals surface area contributed by atoms with E-state index in [2.05, 4.69) is 6.07 Å². The van der Waals surface area contributed by atoms with E-state index >= 15 is 0 Å². The Hall–Kier alpha value is -2.09. The average Bonchev–Trinajstić information content (AvgIpc) is 2.61. The van der Waals surface area contributed by atoms with Crippen LogP contribution in [0.25, 0.3) is 0 Å². The molecule has 2 nitrogen and oxygen atoms in total. The van der Waals surface area contributed by atoms with Crippen molar-refractivity contribution in [1.82, 2.24) is 0 Å². The molecule has 4 rings (SSSR count). The molecule has 0 N–H and O–H groups in total. The second kappa shape index (κ2) is 5.28. The van der Waals surface area contributed by atoms with Gasteiger partial charge in [0.2, 0.25) is 0 Å². The van der Waals surface area contributed by atoms with Crippen LogP contribution in [-0.4, -0.2) is 5.78 Å². The Morgan fingerprint density at radius 1 is 0.909 bits per heavy atom. The monoisotopic (exact) mass is 292 g/mol. The van der Waals surface area contributed by atoms with E-state index in [0.29, 0.717) is 12.4 Å². The molecule has 1 spiro atoms. The third-order valence-corrected chi connectivity index (χ3v) is 5.15. The predicted molar refractivity (Wildman–Crippen MR) is 86.3 cm³/mol. The van der Waals surface area contributed by atoms with Crippen molar-refractivity contribution in [2.75, 3.05) is 0 Å². The van der Waals surface area contributed by atoms with Crippen LogP contribution in [0.15, 0.2) is 48.5 Å². The Morgan fingerprint density at radius 3 is 2.45 bits per heavy atom. The first-order valence-corrected chi connectivity index (χ1v) is 8.16. The van der Waals surface area contributed by atoms with Crippen LogP contribution in [-0.2, 0) is 12.0 Å². The second-order valence-corrected chi connectivity index (χ2v) is 6.42. The van der Waals surface area contributed by atoms with Crippen molar-refractivity contribution in [3.63, 3.8) is 0 Å². The number of carbonyl (C=O) groups excluding carboxylic acids is 1.